The predicted molar refractivity (Wildman–Crippen MR) is 93.5 cm³/mol. The number of hydrogen-bond donors (Lipinski definition) is 1. The van der Waals surface area contributed by atoms with Crippen molar-refractivity contribution in [2.24, 2.45) is 0 Å². The molecule has 1 N–H and O–H groups in total. The Labute approximate surface area is 144 Å². The molecule has 1 aliphatic heterocycles. The molecule has 6 heteroatoms. The molecule has 1 saturated heterocycles. The standard InChI is InChI=1S/C18H16N2O3S/c21-16(19-14-9-5-2-6-10-14)11-15-17(22)20(18(23)24-15)12-13-7-3-1-4-8-13/h1-10,15H,11-12H2,(H,19,21). The van der Waals surface area contributed by atoms with Gasteiger partial charge in [0.1, 0.15) is 5.25 Å². The van der Waals surface area contributed by atoms with E-state index in [4.69, 9.17) is 0 Å². The molecule has 24 heavy (non-hydrogen) atoms. The van der Waals surface area contributed by atoms with Gasteiger partial charge in [-0.2, -0.15) is 0 Å². The fraction of sp³-hybridized carbons (Fsp3) is 0.167. The molecule has 0 spiro atoms. The van der Waals surface area contributed by atoms with Crippen LogP contribution in [0.25, 0.3) is 0 Å². The smallest absolute Gasteiger partial charge is 0.289 e. The summed E-state index contributed by atoms with van der Waals surface area (Å²) in [6.45, 7) is 0.238. The van der Waals surface area contributed by atoms with E-state index in [2.05, 4.69) is 5.32 Å². The summed E-state index contributed by atoms with van der Waals surface area (Å²) < 4.78 is 0. The summed E-state index contributed by atoms with van der Waals surface area (Å²) in [5.74, 6) is -0.585. The first-order valence-corrected chi connectivity index (χ1v) is 8.42. The van der Waals surface area contributed by atoms with Gasteiger partial charge in [-0.1, -0.05) is 60.3 Å². The van der Waals surface area contributed by atoms with Crippen LogP contribution in [0.2, 0.25) is 0 Å². The van der Waals surface area contributed by atoms with Gasteiger partial charge in [0.25, 0.3) is 5.24 Å². The highest BCUT2D eigenvalue weighted by Gasteiger charge is 2.40. The van der Waals surface area contributed by atoms with Crippen molar-refractivity contribution >= 4 is 34.5 Å². The van der Waals surface area contributed by atoms with Crippen molar-refractivity contribution in [3.8, 4) is 0 Å². The number of carbonyl (C=O) groups excluding carboxylic acids is 3. The molecular formula is C18H16N2O3S. The van der Waals surface area contributed by atoms with E-state index in [-0.39, 0.29) is 30.0 Å². The van der Waals surface area contributed by atoms with E-state index in [1.807, 2.05) is 48.5 Å². The fourth-order valence-corrected chi connectivity index (χ4v) is 3.43. The molecule has 1 unspecified atom stereocenters. The maximum atomic E-state index is 12.4. The number of carbonyl (C=O) groups is 3. The van der Waals surface area contributed by atoms with Gasteiger partial charge in [0.05, 0.1) is 6.54 Å². The molecular weight excluding hydrogens is 324 g/mol. The van der Waals surface area contributed by atoms with Crippen LogP contribution in [0.15, 0.2) is 60.7 Å². The third-order valence-electron chi connectivity index (χ3n) is 3.62. The van der Waals surface area contributed by atoms with Gasteiger partial charge in [0.2, 0.25) is 11.8 Å². The maximum Gasteiger partial charge on any atom is 0.289 e. The Kier molecular flexibility index (Phi) is 4.96. The molecule has 1 atom stereocenters. The van der Waals surface area contributed by atoms with Gasteiger partial charge in [-0.15, -0.1) is 0 Å². The van der Waals surface area contributed by atoms with E-state index < -0.39 is 5.25 Å². The molecule has 0 bridgehead atoms. The summed E-state index contributed by atoms with van der Waals surface area (Å²) >= 11 is 0.917. The number of benzene rings is 2. The zero-order valence-corrected chi connectivity index (χ0v) is 13.7. The molecule has 2 aromatic carbocycles. The van der Waals surface area contributed by atoms with Gasteiger partial charge in [0.15, 0.2) is 0 Å². The predicted octanol–water partition coefficient (Wildman–Crippen LogP) is 3.28. The van der Waals surface area contributed by atoms with Crippen LogP contribution in [-0.4, -0.2) is 27.2 Å². The van der Waals surface area contributed by atoms with E-state index in [1.54, 1.807) is 12.1 Å². The highest BCUT2D eigenvalue weighted by atomic mass is 32.2. The normalized spacial score (nSPS) is 17.2. The van der Waals surface area contributed by atoms with Crippen LogP contribution in [0.3, 0.4) is 0 Å². The Bertz CT molecular complexity index is 749. The zero-order valence-electron chi connectivity index (χ0n) is 12.8. The summed E-state index contributed by atoms with van der Waals surface area (Å²) in [4.78, 5) is 37.8. The number of hydrogen-bond acceptors (Lipinski definition) is 4. The second-order valence-corrected chi connectivity index (χ2v) is 6.55. The number of amides is 3. The van der Waals surface area contributed by atoms with Gasteiger partial charge in [0, 0.05) is 12.1 Å². The lowest BCUT2D eigenvalue weighted by Crippen LogP contribution is -2.32. The zero-order chi connectivity index (χ0) is 16.9. The van der Waals surface area contributed by atoms with Crippen molar-refractivity contribution in [3.05, 3.63) is 66.2 Å². The number of imide groups is 1. The Balaban J connectivity index is 1.60. The van der Waals surface area contributed by atoms with Crippen molar-refractivity contribution < 1.29 is 14.4 Å². The van der Waals surface area contributed by atoms with Gasteiger partial charge in [-0.25, -0.2) is 0 Å². The lowest BCUT2D eigenvalue weighted by atomic mass is 10.2. The molecule has 0 radical (unpaired) electrons. The Hall–Kier alpha value is -2.60. The maximum absolute atomic E-state index is 12.4. The van der Waals surface area contributed by atoms with E-state index in [9.17, 15) is 14.4 Å². The SMILES string of the molecule is O=C(CC1SC(=O)N(Cc2ccccc2)C1=O)Nc1ccccc1. The quantitative estimate of drug-likeness (QED) is 0.907. The number of anilines is 1. The van der Waals surface area contributed by atoms with E-state index in [0.29, 0.717) is 5.69 Å². The molecule has 0 saturated carbocycles. The first-order valence-electron chi connectivity index (χ1n) is 7.54. The summed E-state index contributed by atoms with van der Waals surface area (Å²) in [5.41, 5.74) is 1.56. The summed E-state index contributed by atoms with van der Waals surface area (Å²) in [5, 5.41) is 1.77. The van der Waals surface area contributed by atoms with E-state index >= 15 is 0 Å². The Morgan fingerprint density at radius 3 is 2.29 bits per heavy atom. The van der Waals surface area contributed by atoms with Crippen molar-refractivity contribution in [2.45, 2.75) is 18.2 Å². The van der Waals surface area contributed by atoms with Gasteiger partial charge in [-0.05, 0) is 17.7 Å². The largest absolute Gasteiger partial charge is 0.326 e. The van der Waals surface area contributed by atoms with Gasteiger partial charge in [-0.3, -0.25) is 19.3 Å². The number of nitrogens with one attached hydrogen (secondary N) is 1. The first-order chi connectivity index (χ1) is 11.6. The molecule has 3 amide bonds. The Morgan fingerprint density at radius 2 is 1.62 bits per heavy atom. The van der Waals surface area contributed by atoms with Gasteiger partial charge < -0.3 is 5.32 Å². The number of rotatable bonds is 5. The molecule has 1 fully saturated rings. The van der Waals surface area contributed by atoms with Crippen LogP contribution in [0.5, 0.6) is 0 Å². The van der Waals surface area contributed by atoms with Crippen LogP contribution in [0, 0.1) is 0 Å². The minimum Gasteiger partial charge on any atom is -0.326 e. The molecule has 0 aromatic heterocycles. The summed E-state index contributed by atoms with van der Waals surface area (Å²) in [6.07, 6.45) is -0.0184. The minimum absolute atomic E-state index is 0.0184. The van der Waals surface area contributed by atoms with Crippen molar-refractivity contribution in [1.82, 2.24) is 4.90 Å². The van der Waals surface area contributed by atoms with Crippen molar-refractivity contribution in [1.29, 1.82) is 0 Å². The average Bonchev–Trinajstić information content (AvgIpc) is 2.84. The lowest BCUT2D eigenvalue weighted by molar-refractivity contribution is -0.129. The Morgan fingerprint density at radius 1 is 1.00 bits per heavy atom. The highest BCUT2D eigenvalue weighted by Crippen LogP contribution is 2.30. The van der Waals surface area contributed by atoms with Crippen LogP contribution < -0.4 is 5.32 Å². The third-order valence-corrected chi connectivity index (χ3v) is 4.69. The summed E-state index contributed by atoms with van der Waals surface area (Å²) in [6, 6.07) is 18.3. The number of thioether (sulfide) groups is 1. The molecule has 0 aliphatic carbocycles. The van der Waals surface area contributed by atoms with Crippen molar-refractivity contribution in [2.75, 3.05) is 5.32 Å². The third kappa shape index (κ3) is 3.83. The molecule has 122 valence electrons. The number of nitrogens with zero attached hydrogens (tertiary/aromatic N) is 1. The molecule has 2 aromatic rings. The van der Waals surface area contributed by atoms with E-state index in [0.717, 1.165) is 17.3 Å². The second-order valence-electron chi connectivity index (χ2n) is 5.40. The molecule has 1 aliphatic rings. The molecule has 5 nitrogen and oxygen atoms in total. The fourth-order valence-electron chi connectivity index (χ4n) is 2.44. The highest BCUT2D eigenvalue weighted by molar-refractivity contribution is 8.15. The monoisotopic (exact) mass is 340 g/mol. The van der Waals surface area contributed by atoms with Crippen LogP contribution in [0.4, 0.5) is 10.5 Å². The van der Waals surface area contributed by atoms with Crippen LogP contribution >= 0.6 is 11.8 Å². The first kappa shape index (κ1) is 16.3. The minimum atomic E-state index is -0.662. The van der Waals surface area contributed by atoms with Crippen LogP contribution in [-0.2, 0) is 16.1 Å². The van der Waals surface area contributed by atoms with Gasteiger partial charge >= 0.3 is 0 Å². The average molecular weight is 340 g/mol. The molecule has 1 heterocycles. The lowest BCUT2D eigenvalue weighted by Gasteiger charge is -2.13. The van der Waals surface area contributed by atoms with E-state index in [1.165, 1.54) is 4.90 Å². The second kappa shape index (κ2) is 7.31. The molecule has 3 rings (SSSR count). The topological polar surface area (TPSA) is 66.5 Å². The van der Waals surface area contributed by atoms with Crippen molar-refractivity contribution in [3.63, 3.8) is 0 Å². The van der Waals surface area contributed by atoms with Crippen LogP contribution in [0.1, 0.15) is 12.0 Å². The summed E-state index contributed by atoms with van der Waals surface area (Å²) in [7, 11) is 0. The number of para-hydroxylation sites is 1.